The molecule has 1 aromatic heterocycles. The molecule has 156 valence electrons. The zero-order chi connectivity index (χ0) is 21.7. The van der Waals surface area contributed by atoms with Crippen LogP contribution in [0.4, 0.5) is 5.82 Å². The molecule has 5 nitrogen and oxygen atoms in total. The van der Waals surface area contributed by atoms with Gasteiger partial charge in [0.15, 0.2) is 0 Å². The van der Waals surface area contributed by atoms with Gasteiger partial charge in [0.25, 0.3) is 0 Å². The molecule has 1 heterocycles. The number of carbonyl (C=O) groups is 1. The summed E-state index contributed by atoms with van der Waals surface area (Å²) in [5.74, 6) is 1.19. The van der Waals surface area contributed by atoms with Crippen molar-refractivity contribution in [3.63, 3.8) is 0 Å². The standard InChI is InChI=1S/C24H26ClN3O2/c1-5-12-28(14-19-6-11-22(16(2)13-19)30-18(4)29)24-17(3)23(26-15-27-24)20-7-9-21(25)10-8-20/h6-11,13,15H,5,12,14H2,1-4H3. The van der Waals surface area contributed by atoms with E-state index in [9.17, 15) is 4.79 Å². The van der Waals surface area contributed by atoms with Gasteiger partial charge >= 0.3 is 5.97 Å². The molecule has 0 radical (unpaired) electrons. The van der Waals surface area contributed by atoms with E-state index < -0.39 is 0 Å². The Labute approximate surface area is 182 Å². The Morgan fingerprint density at radius 3 is 2.47 bits per heavy atom. The largest absolute Gasteiger partial charge is 0.426 e. The lowest BCUT2D eigenvalue weighted by atomic mass is 10.1. The smallest absolute Gasteiger partial charge is 0.308 e. The van der Waals surface area contributed by atoms with E-state index in [1.807, 2.05) is 43.3 Å². The molecule has 0 aliphatic heterocycles. The zero-order valence-corrected chi connectivity index (χ0v) is 18.5. The number of hydrogen-bond donors (Lipinski definition) is 0. The number of benzene rings is 2. The predicted octanol–water partition coefficient (Wildman–Crippen LogP) is 5.76. The van der Waals surface area contributed by atoms with Crippen LogP contribution in [0.3, 0.4) is 0 Å². The third kappa shape index (κ3) is 5.16. The van der Waals surface area contributed by atoms with Crippen LogP contribution in [0.2, 0.25) is 5.02 Å². The van der Waals surface area contributed by atoms with E-state index in [0.29, 0.717) is 17.3 Å². The van der Waals surface area contributed by atoms with E-state index >= 15 is 0 Å². The molecule has 2 aromatic carbocycles. The van der Waals surface area contributed by atoms with Gasteiger partial charge in [-0.3, -0.25) is 4.79 Å². The van der Waals surface area contributed by atoms with Gasteiger partial charge in [-0.05, 0) is 49.6 Å². The molecule has 0 aliphatic rings. The van der Waals surface area contributed by atoms with Gasteiger partial charge in [0.1, 0.15) is 17.9 Å². The minimum absolute atomic E-state index is 0.315. The summed E-state index contributed by atoms with van der Waals surface area (Å²) in [6.45, 7) is 9.12. The van der Waals surface area contributed by atoms with Crippen molar-refractivity contribution in [2.75, 3.05) is 11.4 Å². The summed E-state index contributed by atoms with van der Waals surface area (Å²) in [5.41, 5.74) is 5.00. The Balaban J connectivity index is 1.91. The molecule has 30 heavy (non-hydrogen) atoms. The number of carbonyl (C=O) groups excluding carboxylic acids is 1. The molecule has 0 unspecified atom stereocenters. The SMILES string of the molecule is CCCN(Cc1ccc(OC(C)=O)c(C)c1)c1ncnc(-c2ccc(Cl)cc2)c1C. The Kier molecular flexibility index (Phi) is 7.06. The van der Waals surface area contributed by atoms with Gasteiger partial charge in [-0.15, -0.1) is 0 Å². The number of halogens is 1. The molecule has 0 amide bonds. The predicted molar refractivity (Wildman–Crippen MR) is 121 cm³/mol. The van der Waals surface area contributed by atoms with Crippen molar-refractivity contribution in [3.05, 3.63) is 70.5 Å². The average Bonchev–Trinajstić information content (AvgIpc) is 2.70. The summed E-state index contributed by atoms with van der Waals surface area (Å²) in [7, 11) is 0. The summed E-state index contributed by atoms with van der Waals surface area (Å²) < 4.78 is 5.25. The van der Waals surface area contributed by atoms with Crippen LogP contribution in [-0.2, 0) is 11.3 Å². The summed E-state index contributed by atoms with van der Waals surface area (Å²) in [4.78, 5) is 22.6. The lowest BCUT2D eigenvalue weighted by Gasteiger charge is -2.26. The van der Waals surface area contributed by atoms with Crippen molar-refractivity contribution >= 4 is 23.4 Å². The summed E-state index contributed by atoms with van der Waals surface area (Å²) in [5, 5.41) is 0.700. The van der Waals surface area contributed by atoms with Crippen molar-refractivity contribution in [2.45, 2.75) is 40.7 Å². The Hall–Kier alpha value is -2.92. The Morgan fingerprint density at radius 1 is 1.10 bits per heavy atom. The molecule has 0 bridgehead atoms. The van der Waals surface area contributed by atoms with Gasteiger partial charge in [-0.25, -0.2) is 9.97 Å². The topological polar surface area (TPSA) is 55.3 Å². The fourth-order valence-electron chi connectivity index (χ4n) is 3.49. The Morgan fingerprint density at radius 2 is 1.83 bits per heavy atom. The highest BCUT2D eigenvalue weighted by atomic mass is 35.5. The van der Waals surface area contributed by atoms with Gasteiger partial charge in [0, 0.05) is 36.2 Å². The number of aryl methyl sites for hydroxylation is 1. The van der Waals surface area contributed by atoms with Crippen LogP contribution in [0.25, 0.3) is 11.3 Å². The van der Waals surface area contributed by atoms with Crippen molar-refractivity contribution < 1.29 is 9.53 Å². The van der Waals surface area contributed by atoms with E-state index in [-0.39, 0.29) is 5.97 Å². The molecule has 0 spiro atoms. The average molecular weight is 424 g/mol. The van der Waals surface area contributed by atoms with Crippen LogP contribution in [0.5, 0.6) is 5.75 Å². The van der Waals surface area contributed by atoms with Crippen LogP contribution in [0.15, 0.2) is 48.8 Å². The van der Waals surface area contributed by atoms with Gasteiger partial charge in [0.2, 0.25) is 0 Å². The molecule has 0 atom stereocenters. The van der Waals surface area contributed by atoms with Crippen LogP contribution in [-0.4, -0.2) is 22.5 Å². The summed E-state index contributed by atoms with van der Waals surface area (Å²) in [6, 6.07) is 13.6. The molecule has 0 saturated heterocycles. The first kappa shape index (κ1) is 21.8. The number of nitrogens with zero attached hydrogens (tertiary/aromatic N) is 3. The van der Waals surface area contributed by atoms with Gasteiger partial charge in [-0.1, -0.05) is 42.8 Å². The summed E-state index contributed by atoms with van der Waals surface area (Å²) >= 11 is 6.04. The van der Waals surface area contributed by atoms with Gasteiger partial charge < -0.3 is 9.64 Å². The second kappa shape index (κ2) is 9.72. The number of hydrogen-bond acceptors (Lipinski definition) is 5. The highest BCUT2D eigenvalue weighted by Gasteiger charge is 2.16. The van der Waals surface area contributed by atoms with Crippen molar-refractivity contribution in [1.29, 1.82) is 0 Å². The maximum atomic E-state index is 11.3. The molecule has 0 saturated carbocycles. The number of anilines is 1. The number of ether oxygens (including phenoxy) is 1. The van der Waals surface area contributed by atoms with Crippen LogP contribution in [0.1, 0.15) is 37.0 Å². The molecule has 0 fully saturated rings. The molecular formula is C24H26ClN3O2. The second-order valence-electron chi connectivity index (χ2n) is 7.29. The third-order valence-electron chi connectivity index (χ3n) is 4.83. The van der Waals surface area contributed by atoms with Crippen LogP contribution < -0.4 is 9.64 Å². The van der Waals surface area contributed by atoms with E-state index in [4.69, 9.17) is 16.3 Å². The Bertz CT molecular complexity index is 1040. The fraction of sp³-hybridized carbons (Fsp3) is 0.292. The number of esters is 1. The summed E-state index contributed by atoms with van der Waals surface area (Å²) in [6.07, 6.45) is 2.61. The first-order chi connectivity index (χ1) is 14.4. The highest BCUT2D eigenvalue weighted by Crippen LogP contribution is 2.29. The van der Waals surface area contributed by atoms with E-state index in [1.165, 1.54) is 6.92 Å². The normalized spacial score (nSPS) is 10.7. The second-order valence-corrected chi connectivity index (χ2v) is 7.73. The maximum absolute atomic E-state index is 11.3. The minimum Gasteiger partial charge on any atom is -0.426 e. The maximum Gasteiger partial charge on any atom is 0.308 e. The van der Waals surface area contributed by atoms with Crippen LogP contribution >= 0.6 is 11.6 Å². The molecule has 0 N–H and O–H groups in total. The molecular weight excluding hydrogens is 398 g/mol. The molecule has 6 heteroatoms. The molecule has 3 aromatic rings. The first-order valence-corrected chi connectivity index (χ1v) is 10.4. The molecule has 0 aliphatic carbocycles. The number of rotatable bonds is 7. The van der Waals surface area contributed by atoms with E-state index in [1.54, 1.807) is 6.33 Å². The van der Waals surface area contributed by atoms with Gasteiger partial charge in [0.05, 0.1) is 5.69 Å². The lowest BCUT2D eigenvalue weighted by Crippen LogP contribution is -2.25. The van der Waals surface area contributed by atoms with Crippen molar-refractivity contribution in [2.24, 2.45) is 0 Å². The highest BCUT2D eigenvalue weighted by molar-refractivity contribution is 6.30. The molecule has 3 rings (SSSR count). The van der Waals surface area contributed by atoms with Gasteiger partial charge in [-0.2, -0.15) is 0 Å². The van der Waals surface area contributed by atoms with Crippen molar-refractivity contribution in [3.8, 4) is 17.0 Å². The fourth-order valence-corrected chi connectivity index (χ4v) is 3.61. The van der Waals surface area contributed by atoms with Crippen LogP contribution in [0, 0.1) is 13.8 Å². The zero-order valence-electron chi connectivity index (χ0n) is 17.8. The minimum atomic E-state index is -0.315. The lowest BCUT2D eigenvalue weighted by molar-refractivity contribution is -0.131. The monoisotopic (exact) mass is 423 g/mol. The number of aromatic nitrogens is 2. The first-order valence-electron chi connectivity index (χ1n) is 9.99. The quantitative estimate of drug-likeness (QED) is 0.357. The third-order valence-corrected chi connectivity index (χ3v) is 5.09. The van der Waals surface area contributed by atoms with E-state index in [2.05, 4.69) is 34.8 Å². The van der Waals surface area contributed by atoms with Crippen molar-refractivity contribution in [1.82, 2.24) is 9.97 Å². The van der Waals surface area contributed by atoms with E-state index in [0.717, 1.165) is 46.7 Å².